The Bertz CT molecular complexity index is 677. The molecule has 2 N–H and O–H groups in total. The fourth-order valence-corrected chi connectivity index (χ4v) is 2.66. The van der Waals surface area contributed by atoms with Crippen LogP contribution in [0.1, 0.15) is 20.3 Å². The van der Waals surface area contributed by atoms with Gasteiger partial charge >= 0.3 is 0 Å². The van der Waals surface area contributed by atoms with Crippen molar-refractivity contribution in [3.63, 3.8) is 0 Å². The van der Waals surface area contributed by atoms with Crippen molar-refractivity contribution < 1.29 is 4.74 Å². The predicted molar refractivity (Wildman–Crippen MR) is 75.4 cm³/mol. The fourth-order valence-electron chi connectivity index (χ4n) is 2.66. The van der Waals surface area contributed by atoms with Crippen molar-refractivity contribution in [1.29, 1.82) is 0 Å². The number of fused-ring (bicyclic) bond motifs is 2. The van der Waals surface area contributed by atoms with Gasteiger partial charge < -0.3 is 10.5 Å². The summed E-state index contributed by atoms with van der Waals surface area (Å²) in [6.45, 7) is 5.43. The minimum absolute atomic E-state index is 0.100. The molecule has 100 valence electrons. The van der Waals surface area contributed by atoms with Crippen LogP contribution in [0.3, 0.4) is 0 Å². The van der Waals surface area contributed by atoms with E-state index in [9.17, 15) is 0 Å². The monoisotopic (exact) mass is 257 g/mol. The molecule has 2 aliphatic rings. The molecule has 1 aromatic rings. The second kappa shape index (κ2) is 4.70. The topological polar surface area (TPSA) is 53.1 Å². The molecule has 0 saturated heterocycles. The second-order valence-corrected chi connectivity index (χ2v) is 5.04. The molecule has 3 rings (SSSR count). The molecule has 0 bridgehead atoms. The van der Waals surface area contributed by atoms with Crippen molar-refractivity contribution >= 4 is 11.6 Å². The normalized spacial score (nSPS) is 18.2. The highest BCUT2D eigenvalue weighted by Gasteiger charge is 2.20. The first kappa shape index (κ1) is 12.2. The maximum Gasteiger partial charge on any atom is 0.126 e. The number of nitrogens with zero attached hydrogens (tertiary/aromatic N) is 2. The first-order valence-electron chi connectivity index (χ1n) is 6.77. The van der Waals surface area contributed by atoms with Crippen molar-refractivity contribution in [2.45, 2.75) is 32.9 Å². The van der Waals surface area contributed by atoms with Gasteiger partial charge in [-0.2, -0.15) is 5.10 Å². The molecule has 0 aromatic carbocycles. The Kier molecular flexibility index (Phi) is 3.03. The van der Waals surface area contributed by atoms with Crippen LogP contribution in [0.5, 0.6) is 0 Å². The van der Waals surface area contributed by atoms with E-state index in [-0.39, 0.29) is 6.04 Å². The summed E-state index contributed by atoms with van der Waals surface area (Å²) in [5.41, 5.74) is 8.39. The lowest BCUT2D eigenvalue weighted by Crippen LogP contribution is -2.33. The minimum Gasteiger partial charge on any atom is -0.493 e. The van der Waals surface area contributed by atoms with Gasteiger partial charge in [-0.3, -0.25) is 4.68 Å². The van der Waals surface area contributed by atoms with Crippen molar-refractivity contribution in [2.75, 3.05) is 6.61 Å². The lowest BCUT2D eigenvalue weighted by molar-refractivity contribution is 0.241. The Morgan fingerprint density at radius 1 is 1.53 bits per heavy atom. The van der Waals surface area contributed by atoms with Gasteiger partial charge in [0.2, 0.25) is 0 Å². The average Bonchev–Trinajstić information content (AvgIpc) is 2.91. The highest BCUT2D eigenvalue weighted by atomic mass is 16.5. The first-order chi connectivity index (χ1) is 9.20. The quantitative estimate of drug-likeness (QED) is 0.851. The third-order valence-corrected chi connectivity index (χ3v) is 3.43. The van der Waals surface area contributed by atoms with Crippen LogP contribution in [0.15, 0.2) is 29.7 Å². The van der Waals surface area contributed by atoms with E-state index >= 15 is 0 Å². The number of hydrogen-bond acceptors (Lipinski definition) is 3. The standard InChI is InChI=1S/C15H19N3O/c1-3-19-15-6-4-5-11-12(15)7-14-13(11)8-17-18(14)9-10(2)16/h4,6-8,10H,3,5,9,16H2,1-2H3/t10-/m1/s1. The highest BCUT2D eigenvalue weighted by molar-refractivity contribution is 5.84. The zero-order valence-electron chi connectivity index (χ0n) is 11.4. The lowest BCUT2D eigenvalue weighted by atomic mass is 9.99. The maximum atomic E-state index is 5.87. The van der Waals surface area contributed by atoms with Crippen molar-refractivity contribution in [3.05, 3.63) is 40.2 Å². The van der Waals surface area contributed by atoms with Gasteiger partial charge in [0.1, 0.15) is 5.76 Å². The maximum absolute atomic E-state index is 5.87. The highest BCUT2D eigenvalue weighted by Crippen LogP contribution is 2.28. The van der Waals surface area contributed by atoms with Crippen LogP contribution in [0, 0.1) is 0 Å². The predicted octanol–water partition coefficient (Wildman–Crippen LogP) is 0.426. The van der Waals surface area contributed by atoms with Gasteiger partial charge in [-0.15, -0.1) is 0 Å². The molecule has 0 aliphatic heterocycles. The number of ether oxygens (including phenoxy) is 1. The number of allylic oxidation sites excluding steroid dienone is 3. The Morgan fingerprint density at radius 2 is 2.37 bits per heavy atom. The van der Waals surface area contributed by atoms with Gasteiger partial charge in [0, 0.05) is 16.8 Å². The van der Waals surface area contributed by atoms with Gasteiger partial charge in [0.25, 0.3) is 0 Å². The molecule has 1 atom stereocenters. The minimum atomic E-state index is 0.100. The summed E-state index contributed by atoms with van der Waals surface area (Å²) in [5, 5.41) is 6.81. The number of aromatic nitrogens is 2. The van der Waals surface area contributed by atoms with Gasteiger partial charge in [-0.05, 0) is 38.0 Å². The van der Waals surface area contributed by atoms with E-state index in [0.29, 0.717) is 6.61 Å². The van der Waals surface area contributed by atoms with E-state index in [1.807, 2.05) is 24.7 Å². The molecule has 2 aliphatic carbocycles. The molecule has 1 heterocycles. The van der Waals surface area contributed by atoms with Crippen LogP contribution in [0.2, 0.25) is 0 Å². The lowest BCUT2D eigenvalue weighted by Gasteiger charge is -2.14. The molecule has 0 unspecified atom stereocenters. The summed E-state index contributed by atoms with van der Waals surface area (Å²) in [6.07, 6.45) is 9.27. The van der Waals surface area contributed by atoms with Gasteiger partial charge in [-0.25, -0.2) is 0 Å². The van der Waals surface area contributed by atoms with E-state index in [0.717, 1.165) is 24.1 Å². The van der Waals surface area contributed by atoms with Crippen LogP contribution >= 0.6 is 0 Å². The smallest absolute Gasteiger partial charge is 0.126 e. The van der Waals surface area contributed by atoms with Crippen molar-refractivity contribution in [1.82, 2.24) is 9.78 Å². The molecular weight excluding hydrogens is 238 g/mol. The van der Waals surface area contributed by atoms with E-state index in [2.05, 4.69) is 23.3 Å². The molecular formula is C15H19N3O. The number of nitrogens with two attached hydrogens (primary N) is 1. The van der Waals surface area contributed by atoms with Crippen LogP contribution in [-0.2, 0) is 11.3 Å². The summed E-state index contributed by atoms with van der Waals surface area (Å²) in [6, 6.07) is 0.100. The average molecular weight is 257 g/mol. The molecule has 1 aromatic heterocycles. The summed E-state index contributed by atoms with van der Waals surface area (Å²) < 4.78 is 7.69. The van der Waals surface area contributed by atoms with Crippen LogP contribution in [0.4, 0.5) is 0 Å². The summed E-state index contributed by atoms with van der Waals surface area (Å²) in [4.78, 5) is 0. The van der Waals surface area contributed by atoms with Crippen LogP contribution < -0.4 is 16.3 Å². The molecule has 19 heavy (non-hydrogen) atoms. The molecule has 0 fully saturated rings. The molecule has 4 nitrogen and oxygen atoms in total. The van der Waals surface area contributed by atoms with Gasteiger partial charge in [0.15, 0.2) is 0 Å². The Balaban J connectivity index is 2.13. The SMILES string of the molecule is CCOC1=C2C=c3c(cnn3C[C@@H](C)N)=C2CC=C1. The largest absolute Gasteiger partial charge is 0.493 e. The molecule has 0 spiro atoms. The Morgan fingerprint density at radius 3 is 3.11 bits per heavy atom. The second-order valence-electron chi connectivity index (χ2n) is 5.04. The van der Waals surface area contributed by atoms with Crippen LogP contribution in [-0.4, -0.2) is 22.4 Å². The first-order valence-corrected chi connectivity index (χ1v) is 6.77. The number of hydrogen-bond donors (Lipinski definition) is 1. The molecule has 0 radical (unpaired) electrons. The van der Waals surface area contributed by atoms with Gasteiger partial charge in [-0.1, -0.05) is 6.08 Å². The Hall–Kier alpha value is -1.81. The molecule has 0 saturated carbocycles. The third kappa shape index (κ3) is 2.02. The summed E-state index contributed by atoms with van der Waals surface area (Å²) in [7, 11) is 0. The van der Waals surface area contributed by atoms with E-state index < -0.39 is 0 Å². The Labute approximate surface area is 112 Å². The summed E-state index contributed by atoms with van der Waals surface area (Å²) >= 11 is 0. The van der Waals surface area contributed by atoms with E-state index in [4.69, 9.17) is 10.5 Å². The zero-order valence-corrected chi connectivity index (χ0v) is 11.4. The van der Waals surface area contributed by atoms with Gasteiger partial charge in [0.05, 0.1) is 24.7 Å². The molecule has 0 amide bonds. The van der Waals surface area contributed by atoms with E-state index in [1.165, 1.54) is 16.4 Å². The van der Waals surface area contributed by atoms with Crippen LogP contribution in [0.25, 0.3) is 11.6 Å². The molecule has 4 heteroatoms. The van der Waals surface area contributed by atoms with Crippen molar-refractivity contribution in [3.8, 4) is 0 Å². The van der Waals surface area contributed by atoms with Crippen molar-refractivity contribution in [2.24, 2.45) is 5.73 Å². The third-order valence-electron chi connectivity index (χ3n) is 3.43. The summed E-state index contributed by atoms with van der Waals surface area (Å²) in [5.74, 6) is 0.965. The fraction of sp³-hybridized carbons (Fsp3) is 0.400. The zero-order chi connectivity index (χ0) is 13.4. The van der Waals surface area contributed by atoms with E-state index in [1.54, 1.807) is 0 Å². The number of rotatable bonds is 4.